The smallest absolute Gasteiger partial charge is 0.0166 e. The second-order valence-corrected chi connectivity index (χ2v) is 7.62. The van der Waals surface area contributed by atoms with Crippen molar-refractivity contribution in [3.63, 3.8) is 0 Å². The number of rotatable bonds is 21. The third-order valence-corrected chi connectivity index (χ3v) is 4.95. The highest BCUT2D eigenvalue weighted by molar-refractivity contribution is 4.90. The first-order chi connectivity index (χ1) is 13.3. The van der Waals surface area contributed by atoms with E-state index in [1.54, 1.807) is 0 Å². The van der Waals surface area contributed by atoms with Crippen molar-refractivity contribution in [2.24, 2.45) is 0 Å². The SMILES string of the molecule is C=CCCCCCCC=CCN(CC=CCCCCCCC=C)CCCC. The first kappa shape index (κ1) is 25.9. The van der Waals surface area contributed by atoms with Gasteiger partial charge in [0.25, 0.3) is 0 Å². The first-order valence-corrected chi connectivity index (χ1v) is 11.6. The molecular formula is C26H47N. The maximum atomic E-state index is 3.78. The largest absolute Gasteiger partial charge is 0.296 e. The number of unbranched alkanes of at least 4 members (excludes halogenated alkanes) is 11. The van der Waals surface area contributed by atoms with Crippen molar-refractivity contribution in [3.05, 3.63) is 49.6 Å². The highest BCUT2D eigenvalue weighted by atomic mass is 15.1. The lowest BCUT2D eigenvalue weighted by molar-refractivity contribution is 0.328. The summed E-state index contributed by atoms with van der Waals surface area (Å²) in [6, 6.07) is 0. The van der Waals surface area contributed by atoms with Gasteiger partial charge in [-0.15, -0.1) is 13.2 Å². The van der Waals surface area contributed by atoms with E-state index >= 15 is 0 Å². The lowest BCUT2D eigenvalue weighted by atomic mass is 10.1. The predicted octanol–water partition coefficient (Wildman–Crippen LogP) is 8.25. The Morgan fingerprint density at radius 1 is 0.556 bits per heavy atom. The molecule has 0 aromatic carbocycles. The Hall–Kier alpha value is -1.08. The van der Waals surface area contributed by atoms with E-state index in [0.29, 0.717) is 0 Å². The summed E-state index contributed by atoms with van der Waals surface area (Å²) in [4.78, 5) is 2.57. The van der Waals surface area contributed by atoms with Gasteiger partial charge >= 0.3 is 0 Å². The lowest BCUT2D eigenvalue weighted by Crippen LogP contribution is -2.25. The molecule has 0 fully saturated rings. The molecule has 0 rings (SSSR count). The van der Waals surface area contributed by atoms with Crippen LogP contribution >= 0.6 is 0 Å². The molecule has 0 bridgehead atoms. The van der Waals surface area contributed by atoms with E-state index in [1.807, 2.05) is 12.2 Å². The molecule has 156 valence electrons. The number of hydrogen-bond donors (Lipinski definition) is 0. The van der Waals surface area contributed by atoms with Gasteiger partial charge in [0.15, 0.2) is 0 Å². The fraction of sp³-hybridized carbons (Fsp3) is 0.692. The summed E-state index contributed by atoms with van der Waals surface area (Å²) < 4.78 is 0. The van der Waals surface area contributed by atoms with Crippen molar-refractivity contribution >= 4 is 0 Å². The molecule has 0 atom stereocenters. The van der Waals surface area contributed by atoms with E-state index in [1.165, 1.54) is 96.4 Å². The number of nitrogens with zero attached hydrogens (tertiary/aromatic N) is 1. The zero-order valence-corrected chi connectivity index (χ0v) is 18.3. The van der Waals surface area contributed by atoms with Crippen LogP contribution in [0.5, 0.6) is 0 Å². The Labute approximate surface area is 171 Å². The Bertz CT molecular complexity index is 334. The van der Waals surface area contributed by atoms with Crippen LogP contribution in [0.1, 0.15) is 96.8 Å². The molecule has 0 unspecified atom stereocenters. The van der Waals surface area contributed by atoms with Gasteiger partial charge in [-0.05, 0) is 64.3 Å². The van der Waals surface area contributed by atoms with E-state index < -0.39 is 0 Å². The van der Waals surface area contributed by atoms with E-state index in [4.69, 9.17) is 0 Å². The molecule has 0 heterocycles. The number of hydrogen-bond acceptors (Lipinski definition) is 1. The number of allylic oxidation sites excluding steroid dienone is 4. The highest BCUT2D eigenvalue weighted by Gasteiger charge is 1.99. The van der Waals surface area contributed by atoms with Crippen LogP contribution in [0.15, 0.2) is 49.6 Å². The molecule has 1 nitrogen and oxygen atoms in total. The molecule has 0 N–H and O–H groups in total. The van der Waals surface area contributed by atoms with Gasteiger partial charge in [0.1, 0.15) is 0 Å². The molecule has 1 heteroatoms. The monoisotopic (exact) mass is 373 g/mol. The van der Waals surface area contributed by atoms with Crippen molar-refractivity contribution in [3.8, 4) is 0 Å². The third-order valence-electron chi connectivity index (χ3n) is 4.95. The van der Waals surface area contributed by atoms with Crippen LogP contribution in [0.2, 0.25) is 0 Å². The molecule has 0 saturated heterocycles. The quantitative estimate of drug-likeness (QED) is 0.144. The van der Waals surface area contributed by atoms with Crippen LogP contribution in [-0.2, 0) is 0 Å². The Kier molecular flexibility index (Phi) is 22.0. The summed E-state index contributed by atoms with van der Waals surface area (Å²) in [5.74, 6) is 0. The van der Waals surface area contributed by atoms with E-state index in [-0.39, 0.29) is 0 Å². The Balaban J connectivity index is 3.79. The molecule has 0 saturated carbocycles. The van der Waals surface area contributed by atoms with Gasteiger partial charge in [-0.1, -0.05) is 75.5 Å². The van der Waals surface area contributed by atoms with Crippen LogP contribution in [0.25, 0.3) is 0 Å². The second-order valence-electron chi connectivity index (χ2n) is 7.62. The molecule has 0 aromatic rings. The zero-order chi connectivity index (χ0) is 19.8. The van der Waals surface area contributed by atoms with Gasteiger partial charge in [-0.3, -0.25) is 4.90 Å². The maximum Gasteiger partial charge on any atom is 0.0166 e. The molecule has 0 aliphatic rings. The minimum absolute atomic E-state index is 1.10. The van der Waals surface area contributed by atoms with E-state index in [2.05, 4.69) is 49.3 Å². The van der Waals surface area contributed by atoms with Crippen molar-refractivity contribution in [1.29, 1.82) is 0 Å². The third kappa shape index (κ3) is 21.1. The second kappa shape index (κ2) is 23.0. The molecule has 0 spiro atoms. The molecule has 0 aliphatic heterocycles. The standard InChI is InChI=1S/C26H47N/c1-4-7-10-12-14-16-18-20-22-25-27(24-9-6-3)26-23-21-19-17-15-13-11-8-5-2/h4-5,20-23H,1-2,6-19,24-26H2,3H3. The van der Waals surface area contributed by atoms with Crippen LogP contribution in [-0.4, -0.2) is 24.5 Å². The van der Waals surface area contributed by atoms with Gasteiger partial charge in [-0.2, -0.15) is 0 Å². The predicted molar refractivity (Wildman–Crippen MR) is 125 cm³/mol. The van der Waals surface area contributed by atoms with Crippen LogP contribution in [0, 0.1) is 0 Å². The summed E-state index contributed by atoms with van der Waals surface area (Å²) in [5, 5.41) is 0. The summed E-state index contributed by atoms with van der Waals surface area (Å²) in [5.41, 5.74) is 0. The van der Waals surface area contributed by atoms with Gasteiger partial charge in [0, 0.05) is 13.1 Å². The Morgan fingerprint density at radius 3 is 1.41 bits per heavy atom. The highest BCUT2D eigenvalue weighted by Crippen LogP contribution is 2.07. The van der Waals surface area contributed by atoms with Crippen molar-refractivity contribution < 1.29 is 0 Å². The molecule has 27 heavy (non-hydrogen) atoms. The molecule has 0 aromatic heterocycles. The minimum Gasteiger partial charge on any atom is -0.296 e. The van der Waals surface area contributed by atoms with Crippen LogP contribution < -0.4 is 0 Å². The summed E-state index contributed by atoms with van der Waals surface area (Å²) in [6.45, 7) is 13.3. The molecule has 0 aliphatic carbocycles. The van der Waals surface area contributed by atoms with Gasteiger partial charge < -0.3 is 0 Å². The van der Waals surface area contributed by atoms with Crippen molar-refractivity contribution in [1.82, 2.24) is 4.90 Å². The van der Waals surface area contributed by atoms with Gasteiger partial charge in [0.2, 0.25) is 0 Å². The van der Waals surface area contributed by atoms with Crippen LogP contribution in [0.4, 0.5) is 0 Å². The fourth-order valence-corrected chi connectivity index (χ4v) is 3.13. The Morgan fingerprint density at radius 2 is 1.00 bits per heavy atom. The maximum absolute atomic E-state index is 3.78. The fourth-order valence-electron chi connectivity index (χ4n) is 3.13. The van der Waals surface area contributed by atoms with E-state index in [0.717, 1.165) is 13.1 Å². The summed E-state index contributed by atoms with van der Waals surface area (Å²) in [7, 11) is 0. The van der Waals surface area contributed by atoms with Crippen molar-refractivity contribution in [2.75, 3.05) is 19.6 Å². The van der Waals surface area contributed by atoms with E-state index in [9.17, 15) is 0 Å². The summed E-state index contributed by atoms with van der Waals surface area (Å²) in [6.07, 6.45) is 31.7. The topological polar surface area (TPSA) is 3.24 Å². The molecule has 0 amide bonds. The lowest BCUT2D eigenvalue weighted by Gasteiger charge is -2.18. The van der Waals surface area contributed by atoms with Crippen molar-refractivity contribution in [2.45, 2.75) is 96.8 Å². The average Bonchev–Trinajstić information content (AvgIpc) is 2.68. The zero-order valence-electron chi connectivity index (χ0n) is 18.3. The average molecular weight is 374 g/mol. The normalized spacial score (nSPS) is 11.8. The minimum atomic E-state index is 1.10. The molecule has 0 radical (unpaired) electrons. The summed E-state index contributed by atoms with van der Waals surface area (Å²) >= 11 is 0. The van der Waals surface area contributed by atoms with Gasteiger partial charge in [-0.25, -0.2) is 0 Å². The molecular weight excluding hydrogens is 326 g/mol. The first-order valence-electron chi connectivity index (χ1n) is 11.6. The van der Waals surface area contributed by atoms with Crippen LogP contribution in [0.3, 0.4) is 0 Å². The van der Waals surface area contributed by atoms with Gasteiger partial charge in [0.05, 0.1) is 0 Å².